The smallest absolute Gasteiger partial charge is 0.329 e. The number of aliphatic hydroxyl groups is 1. The van der Waals surface area contributed by atoms with Gasteiger partial charge in [-0.3, -0.25) is 14.3 Å². The summed E-state index contributed by atoms with van der Waals surface area (Å²) in [6, 6.07) is 0. The second kappa shape index (κ2) is 6.80. The van der Waals surface area contributed by atoms with Crippen molar-refractivity contribution in [1.29, 1.82) is 0 Å². The average Bonchev–Trinajstić information content (AvgIpc) is 2.82. The molecule has 0 aromatic carbocycles. The molecule has 2 heterocycles. The van der Waals surface area contributed by atoms with E-state index in [1.54, 1.807) is 17.6 Å². The molecule has 2 rings (SSSR count). The molecular formula is C13H18ClN5O3. The number of hydrogen-bond donors (Lipinski definition) is 3. The molecule has 0 aliphatic carbocycles. The molecule has 8 nitrogen and oxygen atoms in total. The van der Waals surface area contributed by atoms with E-state index in [1.165, 1.54) is 11.6 Å². The Kier molecular flexibility index (Phi) is 5.04. The van der Waals surface area contributed by atoms with E-state index in [9.17, 15) is 9.59 Å². The van der Waals surface area contributed by atoms with Gasteiger partial charge in [-0.15, -0.1) is 0 Å². The van der Waals surface area contributed by atoms with Crippen molar-refractivity contribution in [1.82, 2.24) is 19.1 Å². The molecule has 0 unspecified atom stereocenters. The number of aromatic nitrogens is 4. The Labute approximate surface area is 131 Å². The van der Waals surface area contributed by atoms with Crippen LogP contribution >= 0.6 is 11.6 Å². The lowest BCUT2D eigenvalue weighted by Gasteiger charge is -2.07. The van der Waals surface area contributed by atoms with Crippen LogP contribution in [0.4, 0.5) is 5.95 Å². The highest BCUT2D eigenvalue weighted by Gasteiger charge is 2.16. The van der Waals surface area contributed by atoms with Crippen molar-refractivity contribution in [2.75, 3.05) is 18.5 Å². The quantitative estimate of drug-likeness (QED) is 0.664. The van der Waals surface area contributed by atoms with Crippen LogP contribution in [-0.4, -0.2) is 37.4 Å². The Bertz CT molecular complexity index is 813. The predicted molar refractivity (Wildman–Crippen MR) is 85.4 cm³/mol. The number of aliphatic hydroxyl groups excluding tert-OH is 1. The summed E-state index contributed by atoms with van der Waals surface area (Å²) in [4.78, 5) is 30.4. The van der Waals surface area contributed by atoms with Crippen LogP contribution in [0.25, 0.3) is 11.2 Å². The molecule has 2 aromatic heterocycles. The van der Waals surface area contributed by atoms with Gasteiger partial charge in [0.2, 0.25) is 5.95 Å². The largest absolute Gasteiger partial charge is 0.396 e. The maximum absolute atomic E-state index is 12.1. The van der Waals surface area contributed by atoms with Crippen LogP contribution in [0.15, 0.2) is 20.7 Å². The summed E-state index contributed by atoms with van der Waals surface area (Å²) in [5, 5.41) is 12.5. The van der Waals surface area contributed by atoms with Crippen LogP contribution in [0, 0.1) is 0 Å². The number of allylic oxidation sites excluding steroid dienone is 2. The highest BCUT2D eigenvalue weighted by Crippen LogP contribution is 2.16. The van der Waals surface area contributed by atoms with Gasteiger partial charge >= 0.3 is 5.69 Å². The molecule has 0 radical (unpaired) electrons. The number of nitrogens with one attached hydrogen (secondary N) is 2. The first-order valence-corrected chi connectivity index (χ1v) is 7.20. The number of aryl methyl sites for hydroxylation is 1. The van der Waals surface area contributed by atoms with Crippen molar-refractivity contribution >= 4 is 28.7 Å². The van der Waals surface area contributed by atoms with Crippen LogP contribution in [0.5, 0.6) is 0 Å². The molecule has 3 N–H and O–H groups in total. The van der Waals surface area contributed by atoms with Gasteiger partial charge in [-0.2, -0.15) is 4.98 Å². The van der Waals surface area contributed by atoms with Crippen molar-refractivity contribution in [2.45, 2.75) is 19.9 Å². The molecule has 2 aromatic rings. The van der Waals surface area contributed by atoms with Gasteiger partial charge in [-0.1, -0.05) is 17.7 Å². The summed E-state index contributed by atoms with van der Waals surface area (Å²) >= 11 is 5.85. The molecule has 0 aliphatic rings. The summed E-state index contributed by atoms with van der Waals surface area (Å²) in [5.41, 5.74) is -0.432. The molecule has 0 aliphatic heterocycles. The molecule has 0 amide bonds. The number of rotatable bonds is 6. The van der Waals surface area contributed by atoms with Gasteiger partial charge < -0.3 is 15.0 Å². The van der Waals surface area contributed by atoms with Gasteiger partial charge in [0.25, 0.3) is 5.56 Å². The number of hydrogen-bond acceptors (Lipinski definition) is 5. The summed E-state index contributed by atoms with van der Waals surface area (Å²) in [6.07, 6.45) is 2.29. The monoisotopic (exact) mass is 327 g/mol. The van der Waals surface area contributed by atoms with E-state index in [0.717, 1.165) is 0 Å². The number of aromatic amines is 1. The normalized spacial score (nSPS) is 12.1. The van der Waals surface area contributed by atoms with Crippen LogP contribution < -0.4 is 16.6 Å². The topological polar surface area (TPSA) is 105 Å². The standard InChI is InChI=1S/C13H18ClN5O3/c1-8(14)4-6-19-9-10(16-12(19)15-5-3-7-20)18(2)13(22)17-11(9)21/h4,20H,3,5-7H2,1-2H3,(H,15,16)(H,17,21,22)/b8-4+. The molecule has 0 atom stereocenters. The summed E-state index contributed by atoms with van der Waals surface area (Å²) in [6.45, 7) is 2.62. The lowest BCUT2D eigenvalue weighted by molar-refractivity contribution is 0.292. The van der Waals surface area contributed by atoms with Gasteiger partial charge in [0.05, 0.1) is 0 Å². The molecule has 22 heavy (non-hydrogen) atoms. The van der Waals surface area contributed by atoms with E-state index in [0.29, 0.717) is 41.7 Å². The second-order valence-corrected chi connectivity index (χ2v) is 5.43. The first-order valence-electron chi connectivity index (χ1n) is 6.82. The highest BCUT2D eigenvalue weighted by atomic mass is 35.5. The zero-order valence-corrected chi connectivity index (χ0v) is 13.1. The van der Waals surface area contributed by atoms with Crippen LogP contribution in [-0.2, 0) is 13.6 Å². The third-order valence-electron chi connectivity index (χ3n) is 3.18. The lowest BCUT2D eigenvalue weighted by atomic mass is 10.4. The van der Waals surface area contributed by atoms with Crippen molar-refractivity contribution in [3.05, 3.63) is 31.9 Å². The fourth-order valence-electron chi connectivity index (χ4n) is 2.04. The van der Waals surface area contributed by atoms with Crippen LogP contribution in [0.2, 0.25) is 0 Å². The summed E-state index contributed by atoms with van der Waals surface area (Å²) in [5.74, 6) is 0.448. The fraction of sp³-hybridized carbons (Fsp3) is 0.462. The zero-order chi connectivity index (χ0) is 16.3. The van der Waals surface area contributed by atoms with Gasteiger partial charge in [0.15, 0.2) is 11.2 Å². The molecular weight excluding hydrogens is 310 g/mol. The molecule has 0 saturated heterocycles. The maximum atomic E-state index is 12.1. The van der Waals surface area contributed by atoms with Crippen molar-refractivity contribution < 1.29 is 5.11 Å². The number of H-pyrrole nitrogens is 1. The summed E-state index contributed by atoms with van der Waals surface area (Å²) < 4.78 is 2.93. The van der Waals surface area contributed by atoms with E-state index in [-0.39, 0.29) is 6.61 Å². The molecule has 0 spiro atoms. The van der Waals surface area contributed by atoms with Gasteiger partial charge in [0.1, 0.15) is 0 Å². The summed E-state index contributed by atoms with van der Waals surface area (Å²) in [7, 11) is 1.54. The van der Waals surface area contributed by atoms with Gasteiger partial charge in [-0.05, 0) is 13.3 Å². The molecule has 0 fully saturated rings. The highest BCUT2D eigenvalue weighted by molar-refractivity contribution is 6.29. The lowest BCUT2D eigenvalue weighted by Crippen LogP contribution is -2.29. The predicted octanol–water partition coefficient (Wildman–Crippen LogP) is 0.360. The van der Waals surface area contributed by atoms with Gasteiger partial charge in [-0.25, -0.2) is 4.79 Å². The Morgan fingerprint density at radius 2 is 2.23 bits per heavy atom. The van der Waals surface area contributed by atoms with E-state index in [2.05, 4.69) is 15.3 Å². The second-order valence-electron chi connectivity index (χ2n) is 4.83. The molecule has 120 valence electrons. The van der Waals surface area contributed by atoms with E-state index in [4.69, 9.17) is 16.7 Å². The van der Waals surface area contributed by atoms with Crippen LogP contribution in [0.1, 0.15) is 13.3 Å². The first-order chi connectivity index (χ1) is 10.5. The van der Waals surface area contributed by atoms with E-state index < -0.39 is 11.2 Å². The molecule has 0 bridgehead atoms. The van der Waals surface area contributed by atoms with Crippen LogP contribution in [0.3, 0.4) is 0 Å². The van der Waals surface area contributed by atoms with Crippen molar-refractivity contribution in [2.24, 2.45) is 7.05 Å². The van der Waals surface area contributed by atoms with E-state index in [1.807, 2.05) is 0 Å². The third kappa shape index (κ3) is 3.23. The average molecular weight is 328 g/mol. The van der Waals surface area contributed by atoms with Crippen molar-refractivity contribution in [3.63, 3.8) is 0 Å². The number of halogens is 1. The Balaban J connectivity index is 2.61. The molecule has 0 saturated carbocycles. The number of fused-ring (bicyclic) bond motifs is 1. The van der Waals surface area contributed by atoms with Crippen molar-refractivity contribution in [3.8, 4) is 0 Å². The van der Waals surface area contributed by atoms with E-state index >= 15 is 0 Å². The minimum atomic E-state index is -0.520. The minimum absolute atomic E-state index is 0.0486. The van der Waals surface area contributed by atoms with Gasteiger partial charge in [0, 0.05) is 31.8 Å². The number of nitrogens with zero attached hydrogens (tertiary/aromatic N) is 3. The molecule has 9 heteroatoms. The zero-order valence-electron chi connectivity index (χ0n) is 12.4. The fourth-order valence-corrected chi connectivity index (χ4v) is 2.11. The number of imidazole rings is 1. The minimum Gasteiger partial charge on any atom is -0.396 e. The number of anilines is 1. The first kappa shape index (κ1) is 16.3. The third-order valence-corrected chi connectivity index (χ3v) is 3.33. The Morgan fingerprint density at radius 1 is 1.50 bits per heavy atom. The maximum Gasteiger partial charge on any atom is 0.329 e. The SMILES string of the molecule is C/C(Cl)=C\Cn1c(NCCCO)nc2c1c(=O)[nH]c(=O)n2C. The Hall–Kier alpha value is -2.06. The Morgan fingerprint density at radius 3 is 2.86 bits per heavy atom.